The zero-order valence-electron chi connectivity index (χ0n) is 27.3. The molecule has 0 aliphatic carbocycles. The van der Waals surface area contributed by atoms with E-state index in [1.54, 1.807) is 88.4 Å². The Bertz CT molecular complexity index is 1880. The summed E-state index contributed by atoms with van der Waals surface area (Å²) in [5.74, 6) is -1.30. The van der Waals surface area contributed by atoms with Crippen molar-refractivity contribution in [2.75, 3.05) is 10.8 Å². The van der Waals surface area contributed by atoms with Crippen molar-refractivity contribution in [2.45, 2.75) is 63.3 Å². The second-order valence-electron chi connectivity index (χ2n) is 12.6. The molecule has 0 unspecified atom stereocenters. The van der Waals surface area contributed by atoms with E-state index in [4.69, 9.17) is 11.6 Å². The molecular formula is C36H36BrClF3N3O4S. The first-order valence-corrected chi connectivity index (χ1v) is 17.8. The Morgan fingerprint density at radius 2 is 1.49 bits per heavy atom. The van der Waals surface area contributed by atoms with Crippen LogP contribution in [0.1, 0.15) is 43.0 Å². The molecule has 0 radical (unpaired) electrons. The van der Waals surface area contributed by atoms with Crippen molar-refractivity contribution in [1.82, 2.24) is 10.2 Å². The number of carbonyl (C=O) groups is 2. The van der Waals surface area contributed by atoms with Crippen molar-refractivity contribution in [3.8, 4) is 0 Å². The molecule has 7 nitrogen and oxygen atoms in total. The number of hydrogen-bond donors (Lipinski definition) is 1. The molecule has 0 fully saturated rings. The summed E-state index contributed by atoms with van der Waals surface area (Å²) >= 11 is 9.28. The molecule has 0 heterocycles. The van der Waals surface area contributed by atoms with Crippen LogP contribution in [0.3, 0.4) is 0 Å². The van der Waals surface area contributed by atoms with Gasteiger partial charge in [0.25, 0.3) is 10.0 Å². The van der Waals surface area contributed by atoms with Gasteiger partial charge in [-0.3, -0.25) is 13.9 Å². The van der Waals surface area contributed by atoms with Gasteiger partial charge in [-0.25, -0.2) is 8.42 Å². The van der Waals surface area contributed by atoms with Crippen molar-refractivity contribution in [3.05, 3.63) is 129 Å². The summed E-state index contributed by atoms with van der Waals surface area (Å²) in [7, 11) is -4.62. The summed E-state index contributed by atoms with van der Waals surface area (Å²) in [6.07, 6.45) is -4.83. The third kappa shape index (κ3) is 10.1. The van der Waals surface area contributed by atoms with E-state index in [0.717, 1.165) is 27.7 Å². The van der Waals surface area contributed by atoms with E-state index in [-0.39, 0.29) is 17.9 Å². The van der Waals surface area contributed by atoms with Gasteiger partial charge in [0.05, 0.1) is 21.2 Å². The van der Waals surface area contributed by atoms with Gasteiger partial charge in [-0.2, -0.15) is 13.2 Å². The van der Waals surface area contributed by atoms with E-state index >= 15 is 0 Å². The average Bonchev–Trinajstić information content (AvgIpc) is 3.02. The highest BCUT2D eigenvalue weighted by atomic mass is 79.9. The number of nitrogens with one attached hydrogen (secondary N) is 1. The molecule has 4 rings (SSSR count). The molecule has 1 N–H and O–H groups in total. The fourth-order valence-electron chi connectivity index (χ4n) is 5.05. The minimum absolute atomic E-state index is 0.0783. The van der Waals surface area contributed by atoms with Crippen LogP contribution in [0.5, 0.6) is 0 Å². The van der Waals surface area contributed by atoms with E-state index in [9.17, 15) is 31.2 Å². The Hall–Kier alpha value is -3.87. The Labute approximate surface area is 298 Å². The van der Waals surface area contributed by atoms with E-state index in [2.05, 4.69) is 21.2 Å². The number of amides is 2. The fourth-order valence-corrected chi connectivity index (χ4v) is 6.94. The molecular weight excluding hydrogens is 743 g/mol. The molecule has 0 aliphatic heterocycles. The lowest BCUT2D eigenvalue weighted by molar-refractivity contribution is -0.140. The monoisotopic (exact) mass is 777 g/mol. The predicted octanol–water partition coefficient (Wildman–Crippen LogP) is 8.18. The maximum Gasteiger partial charge on any atom is 0.417 e. The van der Waals surface area contributed by atoms with Gasteiger partial charge in [0.1, 0.15) is 12.6 Å². The molecule has 0 saturated heterocycles. The van der Waals surface area contributed by atoms with Crippen LogP contribution in [0.2, 0.25) is 5.02 Å². The van der Waals surface area contributed by atoms with Gasteiger partial charge in [-0.05, 0) is 81.3 Å². The molecule has 1 atom stereocenters. The largest absolute Gasteiger partial charge is 0.417 e. The van der Waals surface area contributed by atoms with E-state index < -0.39 is 62.4 Å². The SMILES string of the molecule is Cc1ccc(S(=O)(=O)N(CC(=O)N(Cc2ccc(Br)cc2)[C@H](Cc2ccccc2)C(=O)NC(C)(C)C)c2ccc(Cl)c(C(F)(F)F)c2)cc1. The molecule has 4 aromatic rings. The molecule has 13 heteroatoms. The lowest BCUT2D eigenvalue weighted by atomic mass is 10.0. The molecule has 49 heavy (non-hydrogen) atoms. The maximum absolute atomic E-state index is 14.6. The number of hydrogen-bond acceptors (Lipinski definition) is 4. The van der Waals surface area contributed by atoms with Crippen LogP contribution < -0.4 is 9.62 Å². The van der Waals surface area contributed by atoms with Crippen molar-refractivity contribution >= 4 is 55.1 Å². The Morgan fingerprint density at radius 1 is 0.878 bits per heavy atom. The second kappa shape index (κ2) is 15.3. The number of benzene rings is 4. The number of carbonyl (C=O) groups excluding carboxylic acids is 2. The summed E-state index contributed by atoms with van der Waals surface area (Å²) in [5.41, 5.74) is -0.244. The number of aryl methyl sites for hydroxylation is 1. The summed E-state index contributed by atoms with van der Waals surface area (Å²) in [6.45, 7) is 6.11. The Morgan fingerprint density at radius 3 is 2.06 bits per heavy atom. The van der Waals surface area contributed by atoms with Crippen molar-refractivity contribution in [3.63, 3.8) is 0 Å². The highest BCUT2D eigenvalue weighted by Crippen LogP contribution is 2.38. The van der Waals surface area contributed by atoms with Crippen LogP contribution in [0.4, 0.5) is 18.9 Å². The predicted molar refractivity (Wildman–Crippen MR) is 189 cm³/mol. The van der Waals surface area contributed by atoms with Crippen molar-refractivity contribution < 1.29 is 31.2 Å². The van der Waals surface area contributed by atoms with E-state index in [1.165, 1.54) is 17.0 Å². The minimum Gasteiger partial charge on any atom is -0.350 e. The van der Waals surface area contributed by atoms with Crippen LogP contribution in [0.15, 0.2) is 106 Å². The smallest absolute Gasteiger partial charge is 0.350 e. The summed E-state index contributed by atoms with van der Waals surface area (Å²) in [5, 5.41) is 2.30. The number of anilines is 1. The molecule has 260 valence electrons. The lowest BCUT2D eigenvalue weighted by Crippen LogP contribution is -2.56. The second-order valence-corrected chi connectivity index (χ2v) is 15.8. The molecule has 0 aliphatic rings. The van der Waals surface area contributed by atoms with Crippen molar-refractivity contribution in [1.29, 1.82) is 0 Å². The number of halogens is 5. The standard InChI is InChI=1S/C36H36BrClF3N3O4S/c1-24-10-17-29(18-11-24)49(47,48)44(28-16-19-31(38)30(21-28)36(39,40)41)23-33(45)43(22-26-12-14-27(37)15-13-26)32(34(46)42-35(2,3)4)20-25-8-6-5-7-9-25/h5-19,21,32H,20,22-23H2,1-4H3,(H,42,46)/t32-/m1/s1. The van der Waals surface area contributed by atoms with Crippen LogP contribution in [0, 0.1) is 6.92 Å². The highest BCUT2D eigenvalue weighted by Gasteiger charge is 2.38. The van der Waals surface area contributed by atoms with Gasteiger partial charge < -0.3 is 10.2 Å². The van der Waals surface area contributed by atoms with Crippen LogP contribution >= 0.6 is 27.5 Å². The molecule has 0 saturated carbocycles. The fraction of sp³-hybridized carbons (Fsp3) is 0.278. The van der Waals surface area contributed by atoms with E-state index in [0.29, 0.717) is 15.9 Å². The zero-order chi connectivity index (χ0) is 36.1. The molecule has 0 bridgehead atoms. The summed E-state index contributed by atoms with van der Waals surface area (Å²) in [6, 6.07) is 23.3. The first-order chi connectivity index (χ1) is 22.8. The van der Waals surface area contributed by atoms with Gasteiger partial charge >= 0.3 is 6.18 Å². The molecule has 4 aromatic carbocycles. The summed E-state index contributed by atoms with van der Waals surface area (Å²) < 4.78 is 71.7. The zero-order valence-corrected chi connectivity index (χ0v) is 30.4. The Kier molecular flexibility index (Phi) is 11.9. The van der Waals surface area contributed by atoms with Crippen LogP contribution in [-0.4, -0.2) is 43.3 Å². The van der Waals surface area contributed by atoms with Gasteiger partial charge in [-0.15, -0.1) is 0 Å². The van der Waals surface area contributed by atoms with Crippen LogP contribution in [-0.2, 0) is 38.8 Å². The minimum atomic E-state index is -4.91. The van der Waals surface area contributed by atoms with Gasteiger partial charge in [0, 0.05) is 23.0 Å². The summed E-state index contributed by atoms with van der Waals surface area (Å²) in [4.78, 5) is 29.6. The highest BCUT2D eigenvalue weighted by molar-refractivity contribution is 9.10. The van der Waals surface area contributed by atoms with E-state index in [1.807, 2.05) is 6.07 Å². The Balaban J connectivity index is 1.88. The molecule has 2 amide bonds. The third-order valence-electron chi connectivity index (χ3n) is 7.47. The quantitative estimate of drug-likeness (QED) is 0.167. The lowest BCUT2D eigenvalue weighted by Gasteiger charge is -2.35. The molecule has 0 spiro atoms. The topological polar surface area (TPSA) is 86.8 Å². The maximum atomic E-state index is 14.6. The normalized spacial score (nSPS) is 12.7. The first kappa shape index (κ1) is 37.9. The average molecular weight is 779 g/mol. The molecule has 0 aromatic heterocycles. The third-order valence-corrected chi connectivity index (χ3v) is 10.1. The van der Waals surface area contributed by atoms with Gasteiger partial charge in [-0.1, -0.05) is 87.7 Å². The van der Waals surface area contributed by atoms with Crippen molar-refractivity contribution in [2.24, 2.45) is 0 Å². The number of nitrogens with zero attached hydrogens (tertiary/aromatic N) is 2. The van der Waals surface area contributed by atoms with Crippen LogP contribution in [0.25, 0.3) is 0 Å². The number of alkyl halides is 3. The van der Waals surface area contributed by atoms with Gasteiger partial charge in [0.15, 0.2) is 0 Å². The number of sulfonamides is 1. The number of rotatable bonds is 11. The first-order valence-electron chi connectivity index (χ1n) is 15.2. The van der Waals surface area contributed by atoms with Gasteiger partial charge in [0.2, 0.25) is 11.8 Å².